The first-order valence-corrected chi connectivity index (χ1v) is 7.98. The van der Waals surface area contributed by atoms with Crippen LogP contribution < -0.4 is 0 Å². The fourth-order valence-corrected chi connectivity index (χ4v) is 4.06. The van der Waals surface area contributed by atoms with Crippen LogP contribution in [0.5, 0.6) is 0 Å². The molecule has 0 N–H and O–H groups in total. The lowest BCUT2D eigenvalue weighted by Gasteiger charge is -2.37. The maximum atomic E-state index is 4.57. The van der Waals surface area contributed by atoms with E-state index in [0.29, 0.717) is 0 Å². The Morgan fingerprint density at radius 3 is 2.89 bits per heavy atom. The molecule has 1 aliphatic rings. The van der Waals surface area contributed by atoms with Gasteiger partial charge in [-0.2, -0.15) is 5.10 Å². The van der Waals surface area contributed by atoms with Gasteiger partial charge in [-0.3, -0.25) is 4.68 Å². The highest BCUT2D eigenvalue weighted by Gasteiger charge is 2.36. The van der Waals surface area contributed by atoms with Crippen molar-refractivity contribution >= 4 is 15.9 Å². The average Bonchev–Trinajstić information content (AvgIpc) is 2.84. The monoisotopic (exact) mass is 318 g/mol. The van der Waals surface area contributed by atoms with Crippen molar-refractivity contribution < 1.29 is 0 Å². The lowest BCUT2D eigenvalue weighted by Crippen LogP contribution is -2.35. The molecule has 2 aromatic rings. The van der Waals surface area contributed by atoms with Gasteiger partial charge in [0.1, 0.15) is 0 Å². The van der Waals surface area contributed by atoms with E-state index in [1.165, 1.54) is 36.1 Å². The highest BCUT2D eigenvalue weighted by molar-refractivity contribution is 9.09. The molecule has 1 aromatic carbocycles. The van der Waals surface area contributed by atoms with E-state index in [1.807, 2.05) is 17.9 Å². The maximum Gasteiger partial charge on any atom is 0.0633 e. The summed E-state index contributed by atoms with van der Waals surface area (Å²) in [5.74, 6) is 0. The third-order valence-corrected chi connectivity index (χ3v) is 5.31. The van der Waals surface area contributed by atoms with Gasteiger partial charge in [0, 0.05) is 30.4 Å². The minimum atomic E-state index is 0.212. The molecule has 0 radical (unpaired) electrons. The summed E-state index contributed by atoms with van der Waals surface area (Å²) in [5, 5.41) is 5.57. The van der Waals surface area contributed by atoms with Crippen molar-refractivity contribution in [2.45, 2.75) is 31.1 Å². The van der Waals surface area contributed by atoms with Crippen molar-refractivity contribution in [3.8, 4) is 0 Å². The van der Waals surface area contributed by atoms with Gasteiger partial charge in [-0.25, -0.2) is 0 Å². The van der Waals surface area contributed by atoms with E-state index in [-0.39, 0.29) is 5.41 Å². The number of rotatable bonds is 3. The smallest absolute Gasteiger partial charge is 0.0633 e. The van der Waals surface area contributed by atoms with Gasteiger partial charge in [0.25, 0.3) is 0 Å². The molecule has 0 bridgehead atoms. The van der Waals surface area contributed by atoms with Gasteiger partial charge in [-0.15, -0.1) is 0 Å². The van der Waals surface area contributed by atoms with Crippen molar-refractivity contribution in [3.63, 3.8) is 0 Å². The minimum absolute atomic E-state index is 0.212. The lowest BCUT2D eigenvalue weighted by molar-refractivity contribution is 0.396. The molecule has 0 spiro atoms. The van der Waals surface area contributed by atoms with Crippen molar-refractivity contribution in [2.75, 3.05) is 5.33 Å². The van der Waals surface area contributed by atoms with Crippen LogP contribution in [-0.2, 0) is 25.3 Å². The number of benzene rings is 1. The molecule has 0 saturated heterocycles. The number of fused-ring (bicyclic) bond motifs is 1. The van der Waals surface area contributed by atoms with Crippen LogP contribution in [0.1, 0.15) is 29.7 Å². The Kier molecular flexibility index (Phi) is 3.48. The van der Waals surface area contributed by atoms with E-state index in [9.17, 15) is 0 Å². The Morgan fingerprint density at radius 2 is 2.16 bits per heavy atom. The van der Waals surface area contributed by atoms with Gasteiger partial charge in [-0.05, 0) is 36.5 Å². The van der Waals surface area contributed by atoms with Crippen LogP contribution in [0.25, 0.3) is 0 Å². The molecule has 2 nitrogen and oxygen atoms in total. The predicted molar refractivity (Wildman–Crippen MR) is 81.8 cm³/mol. The largest absolute Gasteiger partial charge is 0.276 e. The molecule has 1 heterocycles. The Bertz CT molecular complexity index is 576. The zero-order valence-electron chi connectivity index (χ0n) is 11.3. The normalized spacial score (nSPS) is 22.2. The summed E-state index contributed by atoms with van der Waals surface area (Å²) in [5.41, 5.74) is 4.44. The number of aromatic nitrogens is 2. The second kappa shape index (κ2) is 5.12. The SMILES string of the molecule is Cn1ccc(CC2(CBr)CCCc3ccccc32)n1. The summed E-state index contributed by atoms with van der Waals surface area (Å²) < 4.78 is 1.89. The second-order valence-electron chi connectivity index (χ2n) is 5.58. The summed E-state index contributed by atoms with van der Waals surface area (Å²) >= 11 is 3.77. The first-order valence-electron chi connectivity index (χ1n) is 6.86. The van der Waals surface area contributed by atoms with E-state index in [4.69, 9.17) is 0 Å². The van der Waals surface area contributed by atoms with Crippen LogP contribution in [0.4, 0.5) is 0 Å². The van der Waals surface area contributed by atoms with Crippen molar-refractivity contribution in [1.29, 1.82) is 0 Å². The predicted octanol–water partition coefficient (Wildman–Crippen LogP) is 3.63. The highest BCUT2D eigenvalue weighted by Crippen LogP contribution is 2.41. The zero-order chi connectivity index (χ0) is 13.3. The lowest BCUT2D eigenvalue weighted by atomic mass is 9.69. The molecular formula is C16H19BrN2. The average molecular weight is 319 g/mol. The fourth-order valence-electron chi connectivity index (χ4n) is 3.28. The van der Waals surface area contributed by atoms with Gasteiger partial charge < -0.3 is 0 Å². The molecule has 0 aliphatic heterocycles. The third kappa shape index (κ3) is 2.36. The number of hydrogen-bond donors (Lipinski definition) is 0. The van der Waals surface area contributed by atoms with Gasteiger partial charge in [-0.1, -0.05) is 40.2 Å². The summed E-state index contributed by atoms with van der Waals surface area (Å²) in [6.45, 7) is 0. The molecule has 0 fully saturated rings. The molecule has 100 valence electrons. The highest BCUT2D eigenvalue weighted by atomic mass is 79.9. The molecule has 3 rings (SSSR count). The molecule has 3 heteroatoms. The van der Waals surface area contributed by atoms with Gasteiger partial charge >= 0.3 is 0 Å². The standard InChI is InChI=1S/C16H19BrN2/c1-19-10-8-14(18-19)11-16(12-17)9-4-6-13-5-2-3-7-15(13)16/h2-3,5,7-8,10H,4,6,9,11-12H2,1H3. The van der Waals surface area contributed by atoms with Crippen molar-refractivity contribution in [3.05, 3.63) is 53.3 Å². The van der Waals surface area contributed by atoms with Crippen LogP contribution in [0.2, 0.25) is 0 Å². The van der Waals surface area contributed by atoms with Gasteiger partial charge in [0.2, 0.25) is 0 Å². The summed E-state index contributed by atoms with van der Waals surface area (Å²) in [7, 11) is 1.99. The number of alkyl halides is 1. The van der Waals surface area contributed by atoms with E-state index in [2.05, 4.69) is 51.4 Å². The quantitative estimate of drug-likeness (QED) is 0.790. The van der Waals surface area contributed by atoms with Crippen molar-refractivity contribution in [2.24, 2.45) is 7.05 Å². The molecule has 1 atom stereocenters. The molecule has 1 aromatic heterocycles. The fraction of sp³-hybridized carbons (Fsp3) is 0.438. The van der Waals surface area contributed by atoms with E-state index >= 15 is 0 Å². The summed E-state index contributed by atoms with van der Waals surface area (Å²) in [6.07, 6.45) is 6.79. The Balaban J connectivity index is 2.00. The first kappa shape index (κ1) is 12.9. The second-order valence-corrected chi connectivity index (χ2v) is 6.14. The van der Waals surface area contributed by atoms with Crippen LogP contribution in [0.3, 0.4) is 0 Å². The third-order valence-electron chi connectivity index (χ3n) is 4.23. The number of aryl methyl sites for hydroxylation is 2. The van der Waals surface area contributed by atoms with E-state index < -0.39 is 0 Å². The zero-order valence-corrected chi connectivity index (χ0v) is 12.9. The van der Waals surface area contributed by atoms with Gasteiger partial charge in [0.15, 0.2) is 0 Å². The van der Waals surface area contributed by atoms with Crippen LogP contribution in [-0.4, -0.2) is 15.1 Å². The van der Waals surface area contributed by atoms with Crippen LogP contribution >= 0.6 is 15.9 Å². The molecule has 0 saturated carbocycles. The van der Waals surface area contributed by atoms with E-state index in [0.717, 1.165) is 11.8 Å². The number of nitrogens with zero attached hydrogens (tertiary/aromatic N) is 2. The molecule has 1 aliphatic carbocycles. The Hall–Kier alpha value is -1.09. The Morgan fingerprint density at radius 1 is 1.32 bits per heavy atom. The van der Waals surface area contributed by atoms with Gasteiger partial charge in [0.05, 0.1) is 5.69 Å². The summed E-state index contributed by atoms with van der Waals surface area (Å²) in [4.78, 5) is 0. The van der Waals surface area contributed by atoms with Crippen LogP contribution in [0, 0.1) is 0 Å². The molecule has 0 amide bonds. The van der Waals surface area contributed by atoms with E-state index in [1.54, 1.807) is 0 Å². The van der Waals surface area contributed by atoms with Crippen LogP contribution in [0.15, 0.2) is 36.5 Å². The topological polar surface area (TPSA) is 17.8 Å². The number of hydrogen-bond acceptors (Lipinski definition) is 1. The summed E-state index contributed by atoms with van der Waals surface area (Å²) in [6, 6.07) is 11.1. The first-order chi connectivity index (χ1) is 9.23. The van der Waals surface area contributed by atoms with Crippen molar-refractivity contribution in [1.82, 2.24) is 9.78 Å². The molecular weight excluding hydrogens is 300 g/mol. The maximum absolute atomic E-state index is 4.57. The number of halogens is 1. The molecule has 1 unspecified atom stereocenters. The molecule has 19 heavy (non-hydrogen) atoms. The minimum Gasteiger partial charge on any atom is -0.276 e. The Labute approximate surface area is 123 Å².